The number of H-pyrrole nitrogens is 1. The van der Waals surface area contributed by atoms with Crippen LogP contribution in [0.4, 0.5) is 0 Å². The number of nitrogens with zero attached hydrogens (tertiary/aromatic N) is 2. The Labute approximate surface area is 152 Å². The number of rotatable bonds is 4. The molecule has 2 heterocycles. The molecule has 128 valence electrons. The summed E-state index contributed by atoms with van der Waals surface area (Å²) in [4.78, 5) is 22.6. The lowest BCUT2D eigenvalue weighted by Crippen LogP contribution is -2.32. The molecule has 4 heteroatoms. The molecular formula is C22H19N3O. The summed E-state index contributed by atoms with van der Waals surface area (Å²) in [6.45, 7) is 0. The quantitative estimate of drug-likeness (QED) is 0.597. The number of amides is 1. The fourth-order valence-corrected chi connectivity index (χ4v) is 3.27. The number of hydrogen-bond donors (Lipinski definition) is 1. The molecule has 0 radical (unpaired) electrons. The molecule has 4 nitrogen and oxygen atoms in total. The maximum absolute atomic E-state index is 13.2. The highest BCUT2D eigenvalue weighted by Gasteiger charge is 2.25. The van der Waals surface area contributed by atoms with Crippen molar-refractivity contribution < 1.29 is 4.79 Å². The summed E-state index contributed by atoms with van der Waals surface area (Å²) < 4.78 is 0. The molecule has 2 aromatic carbocycles. The first-order chi connectivity index (χ1) is 12.7. The van der Waals surface area contributed by atoms with Gasteiger partial charge in [-0.15, -0.1) is 0 Å². The first-order valence-corrected chi connectivity index (χ1v) is 8.54. The number of fused-ring (bicyclic) bond motifs is 1. The van der Waals surface area contributed by atoms with Gasteiger partial charge in [0.05, 0.1) is 11.7 Å². The van der Waals surface area contributed by atoms with Crippen molar-refractivity contribution >= 4 is 16.8 Å². The lowest BCUT2D eigenvalue weighted by Gasteiger charge is -2.28. The van der Waals surface area contributed by atoms with Crippen molar-refractivity contribution in [1.29, 1.82) is 0 Å². The van der Waals surface area contributed by atoms with Crippen LogP contribution in [0, 0.1) is 0 Å². The number of pyridine rings is 1. The Morgan fingerprint density at radius 2 is 1.81 bits per heavy atom. The molecule has 4 rings (SSSR count). The van der Waals surface area contributed by atoms with Crippen LogP contribution in [-0.4, -0.2) is 27.8 Å². The molecule has 0 aliphatic rings. The molecule has 2 aromatic heterocycles. The van der Waals surface area contributed by atoms with Crippen molar-refractivity contribution in [2.45, 2.75) is 6.04 Å². The average Bonchev–Trinajstić information content (AvgIpc) is 3.17. The third kappa shape index (κ3) is 2.97. The van der Waals surface area contributed by atoms with Crippen LogP contribution in [0.5, 0.6) is 0 Å². The summed E-state index contributed by atoms with van der Waals surface area (Å²) in [6.07, 6.45) is 3.64. The van der Waals surface area contributed by atoms with Crippen LogP contribution in [0.25, 0.3) is 10.9 Å². The normalized spacial score (nSPS) is 12.0. The Kier molecular flexibility index (Phi) is 4.23. The van der Waals surface area contributed by atoms with Gasteiger partial charge in [0.2, 0.25) is 0 Å². The third-order valence-corrected chi connectivity index (χ3v) is 4.59. The summed E-state index contributed by atoms with van der Waals surface area (Å²) in [5, 5.41) is 1.09. The molecule has 1 atom stereocenters. The second-order valence-corrected chi connectivity index (χ2v) is 6.26. The molecule has 0 aliphatic carbocycles. The van der Waals surface area contributed by atoms with E-state index >= 15 is 0 Å². The van der Waals surface area contributed by atoms with E-state index < -0.39 is 0 Å². The molecule has 0 unspecified atom stereocenters. The number of carbonyl (C=O) groups excluding carboxylic acids is 1. The molecule has 0 saturated heterocycles. The molecule has 0 fully saturated rings. The van der Waals surface area contributed by atoms with E-state index in [2.05, 4.69) is 9.97 Å². The maximum Gasteiger partial charge on any atom is 0.254 e. The molecule has 0 aliphatic heterocycles. The van der Waals surface area contributed by atoms with E-state index in [0.717, 1.165) is 22.2 Å². The van der Waals surface area contributed by atoms with Crippen LogP contribution >= 0.6 is 0 Å². The highest BCUT2D eigenvalue weighted by atomic mass is 16.2. The molecule has 0 bridgehead atoms. The van der Waals surface area contributed by atoms with Gasteiger partial charge in [-0.2, -0.15) is 0 Å². The topological polar surface area (TPSA) is 49.0 Å². The fourth-order valence-electron chi connectivity index (χ4n) is 3.27. The van der Waals surface area contributed by atoms with Gasteiger partial charge in [-0.05, 0) is 41.3 Å². The van der Waals surface area contributed by atoms with Gasteiger partial charge in [0.25, 0.3) is 5.91 Å². The predicted octanol–water partition coefficient (Wildman–Crippen LogP) is 4.42. The van der Waals surface area contributed by atoms with E-state index in [1.54, 1.807) is 11.1 Å². The maximum atomic E-state index is 13.2. The lowest BCUT2D eigenvalue weighted by atomic mass is 10.0. The van der Waals surface area contributed by atoms with E-state index in [9.17, 15) is 4.79 Å². The van der Waals surface area contributed by atoms with Gasteiger partial charge in [0.15, 0.2) is 0 Å². The second-order valence-electron chi connectivity index (χ2n) is 6.26. The van der Waals surface area contributed by atoms with Crippen molar-refractivity contribution in [2.75, 3.05) is 7.05 Å². The van der Waals surface area contributed by atoms with Gasteiger partial charge in [-0.25, -0.2) is 0 Å². The summed E-state index contributed by atoms with van der Waals surface area (Å²) in [5.74, 6) is -0.0407. The van der Waals surface area contributed by atoms with Crippen LogP contribution in [0.2, 0.25) is 0 Å². The monoisotopic (exact) mass is 341 g/mol. The Hall–Kier alpha value is -3.40. The van der Waals surface area contributed by atoms with Gasteiger partial charge in [0.1, 0.15) is 0 Å². The fraction of sp³-hybridized carbons (Fsp3) is 0.0909. The van der Waals surface area contributed by atoms with E-state index in [4.69, 9.17) is 0 Å². The Balaban J connectivity index is 1.74. The smallest absolute Gasteiger partial charge is 0.254 e. The molecule has 26 heavy (non-hydrogen) atoms. The second kappa shape index (κ2) is 6.84. The average molecular weight is 341 g/mol. The number of benzene rings is 2. The SMILES string of the molecule is CN(C(=O)c1ccc2cc[nH]c2c1)[C@H](c1ccccc1)c1ccccn1. The summed E-state index contributed by atoms with van der Waals surface area (Å²) in [5.41, 5.74) is 3.48. The van der Waals surface area contributed by atoms with Gasteiger partial charge >= 0.3 is 0 Å². The molecule has 0 spiro atoms. The van der Waals surface area contributed by atoms with Gasteiger partial charge in [-0.3, -0.25) is 9.78 Å². The zero-order chi connectivity index (χ0) is 17.9. The van der Waals surface area contributed by atoms with E-state index in [1.807, 2.05) is 86.0 Å². The van der Waals surface area contributed by atoms with Gasteiger partial charge in [-0.1, -0.05) is 42.5 Å². The Bertz CT molecular complexity index is 985. The molecule has 1 N–H and O–H groups in total. The first-order valence-electron chi connectivity index (χ1n) is 8.54. The van der Waals surface area contributed by atoms with Crippen LogP contribution in [-0.2, 0) is 0 Å². The number of aromatic nitrogens is 2. The van der Waals surface area contributed by atoms with Crippen LogP contribution in [0.15, 0.2) is 85.2 Å². The zero-order valence-corrected chi connectivity index (χ0v) is 14.5. The van der Waals surface area contributed by atoms with Crippen molar-refractivity contribution in [3.63, 3.8) is 0 Å². The van der Waals surface area contributed by atoms with E-state index in [0.29, 0.717) is 5.56 Å². The standard InChI is InChI=1S/C22H19N3O/c1-25(22(26)18-11-10-16-12-14-24-20(16)15-18)21(17-7-3-2-4-8-17)19-9-5-6-13-23-19/h2-15,21,24H,1H3/t21-/m1/s1. The minimum atomic E-state index is -0.246. The zero-order valence-electron chi connectivity index (χ0n) is 14.5. The van der Waals surface area contributed by atoms with E-state index in [-0.39, 0.29) is 11.9 Å². The van der Waals surface area contributed by atoms with Crippen molar-refractivity contribution in [2.24, 2.45) is 0 Å². The molecule has 1 amide bonds. The van der Waals surface area contributed by atoms with E-state index in [1.165, 1.54) is 0 Å². The van der Waals surface area contributed by atoms with Crippen molar-refractivity contribution in [1.82, 2.24) is 14.9 Å². The third-order valence-electron chi connectivity index (χ3n) is 4.59. The Morgan fingerprint density at radius 3 is 2.58 bits per heavy atom. The van der Waals surface area contributed by atoms with Crippen molar-refractivity contribution in [3.8, 4) is 0 Å². The number of nitrogens with one attached hydrogen (secondary N) is 1. The lowest BCUT2D eigenvalue weighted by molar-refractivity contribution is 0.0753. The minimum absolute atomic E-state index is 0.0407. The highest BCUT2D eigenvalue weighted by Crippen LogP contribution is 2.28. The largest absolute Gasteiger partial charge is 0.361 e. The molecular weight excluding hydrogens is 322 g/mol. The minimum Gasteiger partial charge on any atom is -0.361 e. The van der Waals surface area contributed by atoms with Crippen LogP contribution in [0.3, 0.4) is 0 Å². The number of hydrogen-bond acceptors (Lipinski definition) is 2. The molecule has 0 saturated carbocycles. The van der Waals surface area contributed by atoms with Gasteiger partial charge < -0.3 is 9.88 Å². The van der Waals surface area contributed by atoms with Crippen LogP contribution in [0.1, 0.15) is 27.7 Å². The molecule has 4 aromatic rings. The summed E-state index contributed by atoms with van der Waals surface area (Å²) in [7, 11) is 1.83. The van der Waals surface area contributed by atoms with Crippen LogP contribution < -0.4 is 0 Å². The number of aromatic amines is 1. The predicted molar refractivity (Wildman–Crippen MR) is 103 cm³/mol. The first kappa shape index (κ1) is 16.1. The van der Waals surface area contributed by atoms with Crippen molar-refractivity contribution in [3.05, 3.63) is 102 Å². The highest BCUT2D eigenvalue weighted by molar-refractivity contribution is 5.98. The Morgan fingerprint density at radius 1 is 1.00 bits per heavy atom. The van der Waals surface area contributed by atoms with Gasteiger partial charge in [0, 0.05) is 30.5 Å². The summed E-state index contributed by atoms with van der Waals surface area (Å²) >= 11 is 0. The summed E-state index contributed by atoms with van der Waals surface area (Å²) in [6, 6.07) is 23.2. The number of carbonyl (C=O) groups is 1.